The van der Waals surface area contributed by atoms with Crippen LogP contribution in [0.5, 0.6) is 0 Å². The van der Waals surface area contributed by atoms with Crippen LogP contribution in [0.4, 0.5) is 0 Å². The molecule has 9 unspecified atom stereocenters. The normalized spacial score (nSPS) is 32.2. The average molecular weight is 581 g/mol. The fourth-order valence-electron chi connectivity index (χ4n) is 8.06. The van der Waals surface area contributed by atoms with Gasteiger partial charge in [0.15, 0.2) is 0 Å². The SMILES string of the molecule is CC(C)(C)NC(O)CCC(NC1OC1CCC1CCCCC1)C(O)NCCC(O)NCC1CCCC2CCCCC21. The van der Waals surface area contributed by atoms with Crippen LogP contribution in [0.3, 0.4) is 0 Å². The van der Waals surface area contributed by atoms with Crippen LogP contribution in [0, 0.1) is 23.7 Å². The lowest BCUT2D eigenvalue weighted by Gasteiger charge is -2.41. The van der Waals surface area contributed by atoms with E-state index in [1.54, 1.807) is 0 Å². The van der Waals surface area contributed by atoms with E-state index in [4.69, 9.17) is 4.74 Å². The molecule has 7 N–H and O–H groups in total. The first-order valence-corrected chi connectivity index (χ1v) is 17.4. The van der Waals surface area contributed by atoms with Gasteiger partial charge in [-0.2, -0.15) is 0 Å². The van der Waals surface area contributed by atoms with E-state index in [9.17, 15) is 15.3 Å². The molecule has 0 aromatic heterocycles. The molecule has 4 aliphatic rings. The smallest absolute Gasteiger partial charge is 0.135 e. The first-order chi connectivity index (χ1) is 19.7. The molecule has 240 valence electrons. The third kappa shape index (κ3) is 11.9. The van der Waals surface area contributed by atoms with Gasteiger partial charge in [-0.1, -0.05) is 64.2 Å². The van der Waals surface area contributed by atoms with Crippen molar-refractivity contribution in [1.29, 1.82) is 0 Å². The lowest BCUT2D eigenvalue weighted by Crippen LogP contribution is -2.51. The van der Waals surface area contributed by atoms with Gasteiger partial charge in [0.25, 0.3) is 0 Å². The van der Waals surface area contributed by atoms with Gasteiger partial charge < -0.3 is 20.1 Å². The van der Waals surface area contributed by atoms with Gasteiger partial charge in [0.1, 0.15) is 24.9 Å². The summed E-state index contributed by atoms with van der Waals surface area (Å²) in [4.78, 5) is 0. The molecule has 3 aliphatic carbocycles. The number of aliphatic hydroxyl groups is 3. The molecule has 0 amide bonds. The molecule has 1 heterocycles. The van der Waals surface area contributed by atoms with Gasteiger partial charge in [0.2, 0.25) is 0 Å². The van der Waals surface area contributed by atoms with E-state index in [0.29, 0.717) is 31.7 Å². The maximum absolute atomic E-state index is 11.1. The van der Waals surface area contributed by atoms with Crippen molar-refractivity contribution in [3.63, 3.8) is 0 Å². The molecule has 8 heteroatoms. The molecule has 0 bridgehead atoms. The second kappa shape index (κ2) is 16.7. The number of ether oxygens (including phenoxy) is 1. The first-order valence-electron chi connectivity index (χ1n) is 17.4. The van der Waals surface area contributed by atoms with Crippen LogP contribution in [0.15, 0.2) is 0 Å². The van der Waals surface area contributed by atoms with Crippen molar-refractivity contribution in [1.82, 2.24) is 21.3 Å². The summed E-state index contributed by atoms with van der Waals surface area (Å²) in [5, 5.41) is 45.6. The molecular weight excluding hydrogens is 516 g/mol. The van der Waals surface area contributed by atoms with E-state index in [0.717, 1.165) is 30.7 Å². The van der Waals surface area contributed by atoms with Gasteiger partial charge in [-0.3, -0.25) is 21.3 Å². The molecule has 0 spiro atoms. The van der Waals surface area contributed by atoms with Crippen molar-refractivity contribution in [2.75, 3.05) is 13.1 Å². The first kappa shape index (κ1) is 33.6. The van der Waals surface area contributed by atoms with E-state index in [1.807, 2.05) is 20.8 Å². The second-order valence-electron chi connectivity index (χ2n) is 14.9. The number of hydrogen-bond donors (Lipinski definition) is 7. The highest BCUT2D eigenvalue weighted by Crippen LogP contribution is 2.43. The molecular formula is C33H64N4O4. The zero-order valence-corrected chi connectivity index (χ0v) is 26.5. The fraction of sp³-hybridized carbons (Fsp3) is 1.00. The Morgan fingerprint density at radius 3 is 2.27 bits per heavy atom. The lowest BCUT2D eigenvalue weighted by atomic mass is 9.65. The standard InChI is InChI=1S/C33H64N4O4/c1-33(2,3)37-30(39)19-17-27(36-32-28(41-32)18-16-23-10-5-4-6-11-23)31(40)34-21-20-29(38)35-22-25-14-9-13-24-12-7-8-15-26(24)25/h23-32,34-40H,4-22H2,1-3H3. The monoisotopic (exact) mass is 580 g/mol. The minimum Gasteiger partial charge on any atom is -0.379 e. The van der Waals surface area contributed by atoms with Crippen LogP contribution in [-0.4, -0.2) is 71.0 Å². The van der Waals surface area contributed by atoms with Gasteiger partial charge in [-0.05, 0) is 89.4 Å². The third-order valence-corrected chi connectivity index (χ3v) is 10.4. The minimum absolute atomic E-state index is 0.0286. The van der Waals surface area contributed by atoms with E-state index in [2.05, 4.69) is 21.3 Å². The molecule has 0 aromatic rings. The maximum atomic E-state index is 11.1. The molecule has 41 heavy (non-hydrogen) atoms. The van der Waals surface area contributed by atoms with E-state index < -0.39 is 18.7 Å². The number of rotatable bonds is 17. The van der Waals surface area contributed by atoms with Crippen molar-refractivity contribution >= 4 is 0 Å². The van der Waals surface area contributed by atoms with Crippen molar-refractivity contribution in [3.8, 4) is 0 Å². The summed E-state index contributed by atoms with van der Waals surface area (Å²) in [6.45, 7) is 7.54. The summed E-state index contributed by atoms with van der Waals surface area (Å²) in [6, 6.07) is -0.244. The lowest BCUT2D eigenvalue weighted by molar-refractivity contribution is 0.0505. The Bertz CT molecular complexity index is 729. The molecule has 0 radical (unpaired) electrons. The Labute approximate surface area is 250 Å². The molecule has 4 rings (SSSR count). The van der Waals surface area contributed by atoms with Crippen molar-refractivity contribution in [2.24, 2.45) is 23.7 Å². The number of nitrogens with one attached hydrogen (secondary N) is 4. The number of hydrogen-bond acceptors (Lipinski definition) is 8. The topological polar surface area (TPSA) is 121 Å². The van der Waals surface area contributed by atoms with E-state index in [1.165, 1.54) is 83.5 Å². The Hall–Kier alpha value is -0.320. The predicted molar refractivity (Wildman–Crippen MR) is 165 cm³/mol. The van der Waals surface area contributed by atoms with Crippen LogP contribution in [0.2, 0.25) is 0 Å². The Kier molecular flexibility index (Phi) is 13.6. The average Bonchev–Trinajstić information content (AvgIpc) is 3.70. The highest BCUT2D eigenvalue weighted by atomic mass is 16.6. The fourth-order valence-corrected chi connectivity index (χ4v) is 8.06. The zero-order valence-electron chi connectivity index (χ0n) is 26.5. The van der Waals surface area contributed by atoms with Gasteiger partial charge in [-0.25, -0.2) is 0 Å². The number of epoxide rings is 1. The highest BCUT2D eigenvalue weighted by Gasteiger charge is 2.41. The summed E-state index contributed by atoms with van der Waals surface area (Å²) in [6.07, 6.45) is 18.6. The minimum atomic E-state index is -0.784. The number of fused-ring (bicyclic) bond motifs is 1. The number of aliphatic hydroxyl groups excluding tert-OH is 3. The Morgan fingerprint density at radius 1 is 0.756 bits per heavy atom. The summed E-state index contributed by atoms with van der Waals surface area (Å²) in [5.41, 5.74) is -0.179. The van der Waals surface area contributed by atoms with Crippen molar-refractivity contribution < 1.29 is 20.1 Å². The predicted octanol–water partition coefficient (Wildman–Crippen LogP) is 4.33. The van der Waals surface area contributed by atoms with Gasteiger partial charge in [0, 0.05) is 24.7 Å². The molecule has 9 atom stereocenters. The summed E-state index contributed by atoms with van der Waals surface area (Å²) in [5.74, 6) is 3.27. The summed E-state index contributed by atoms with van der Waals surface area (Å²) >= 11 is 0. The van der Waals surface area contributed by atoms with Crippen LogP contribution in [0.25, 0.3) is 0 Å². The van der Waals surface area contributed by atoms with Crippen molar-refractivity contribution in [3.05, 3.63) is 0 Å². The quantitative estimate of drug-likeness (QED) is 0.100. The van der Waals surface area contributed by atoms with Crippen LogP contribution in [-0.2, 0) is 4.74 Å². The highest BCUT2D eigenvalue weighted by molar-refractivity contribution is 4.89. The van der Waals surface area contributed by atoms with Crippen LogP contribution >= 0.6 is 0 Å². The maximum Gasteiger partial charge on any atom is 0.135 e. The Balaban J connectivity index is 1.17. The van der Waals surface area contributed by atoms with Gasteiger partial charge >= 0.3 is 0 Å². The second-order valence-corrected chi connectivity index (χ2v) is 14.9. The zero-order chi connectivity index (χ0) is 29.2. The molecule has 3 saturated carbocycles. The molecule has 8 nitrogen and oxygen atoms in total. The molecule has 4 fully saturated rings. The Morgan fingerprint density at radius 2 is 1.49 bits per heavy atom. The summed E-state index contributed by atoms with van der Waals surface area (Å²) in [7, 11) is 0. The molecule has 1 aliphatic heterocycles. The van der Waals surface area contributed by atoms with Crippen LogP contribution < -0.4 is 21.3 Å². The van der Waals surface area contributed by atoms with Gasteiger partial charge in [0.05, 0.1) is 6.10 Å². The van der Waals surface area contributed by atoms with E-state index >= 15 is 0 Å². The molecule has 0 aromatic carbocycles. The van der Waals surface area contributed by atoms with E-state index in [-0.39, 0.29) is 23.9 Å². The summed E-state index contributed by atoms with van der Waals surface area (Å²) < 4.78 is 5.97. The molecule has 1 saturated heterocycles. The van der Waals surface area contributed by atoms with Crippen LogP contribution in [0.1, 0.15) is 130 Å². The van der Waals surface area contributed by atoms with Crippen molar-refractivity contribution in [2.45, 2.75) is 173 Å². The van der Waals surface area contributed by atoms with Gasteiger partial charge in [-0.15, -0.1) is 0 Å². The third-order valence-electron chi connectivity index (χ3n) is 10.4. The largest absolute Gasteiger partial charge is 0.379 e.